The topological polar surface area (TPSA) is 74.6 Å². The van der Waals surface area contributed by atoms with E-state index in [0.29, 0.717) is 24.6 Å². The molecule has 0 saturated heterocycles. The molecular formula is C14H27N3O3S. The molecule has 122 valence electrons. The Balaban J connectivity index is 2.55. The highest BCUT2D eigenvalue weighted by molar-refractivity contribution is 7.89. The molecule has 0 amide bonds. The number of aryl methyl sites for hydroxylation is 1. The molecular weight excluding hydrogens is 290 g/mol. The van der Waals surface area contributed by atoms with Crippen LogP contribution in [-0.2, 0) is 16.6 Å². The number of hydrogen-bond acceptors (Lipinski definition) is 5. The number of rotatable bonds is 10. The summed E-state index contributed by atoms with van der Waals surface area (Å²) in [7, 11) is 0.529. The van der Waals surface area contributed by atoms with Gasteiger partial charge in [0.05, 0.1) is 6.54 Å². The molecule has 0 spiro atoms. The molecule has 1 aromatic rings. The van der Waals surface area contributed by atoms with Gasteiger partial charge in [0.2, 0.25) is 10.0 Å². The van der Waals surface area contributed by atoms with Crippen molar-refractivity contribution >= 4 is 10.0 Å². The van der Waals surface area contributed by atoms with E-state index in [-0.39, 0.29) is 4.90 Å². The Hall–Kier alpha value is -0.890. The van der Waals surface area contributed by atoms with Crippen LogP contribution >= 0.6 is 0 Å². The molecule has 0 bridgehead atoms. The quantitative estimate of drug-likeness (QED) is 0.637. The maximum atomic E-state index is 12.2. The van der Waals surface area contributed by atoms with Gasteiger partial charge in [-0.05, 0) is 47.0 Å². The fourth-order valence-electron chi connectivity index (χ4n) is 1.96. The van der Waals surface area contributed by atoms with Crippen molar-refractivity contribution in [2.45, 2.75) is 38.1 Å². The predicted molar refractivity (Wildman–Crippen MR) is 83.8 cm³/mol. The van der Waals surface area contributed by atoms with E-state index in [0.717, 1.165) is 25.9 Å². The normalized spacial score (nSPS) is 12.2. The third-order valence-corrected chi connectivity index (χ3v) is 4.65. The van der Waals surface area contributed by atoms with Crippen LogP contribution in [0.3, 0.4) is 0 Å². The van der Waals surface area contributed by atoms with Crippen molar-refractivity contribution in [3.05, 3.63) is 17.6 Å². The number of unbranched alkanes of at least 4 members (excludes halogenated alkanes) is 1. The molecule has 0 saturated carbocycles. The van der Waals surface area contributed by atoms with Crippen molar-refractivity contribution < 1.29 is 12.8 Å². The summed E-state index contributed by atoms with van der Waals surface area (Å²) in [6.07, 6.45) is 1.78. The third kappa shape index (κ3) is 6.17. The van der Waals surface area contributed by atoms with E-state index in [1.54, 1.807) is 13.0 Å². The first-order valence-electron chi connectivity index (χ1n) is 7.31. The van der Waals surface area contributed by atoms with Crippen LogP contribution in [0.4, 0.5) is 0 Å². The summed E-state index contributed by atoms with van der Waals surface area (Å²) in [6.45, 7) is 6.42. The van der Waals surface area contributed by atoms with Gasteiger partial charge in [0, 0.05) is 12.6 Å². The van der Waals surface area contributed by atoms with Crippen molar-refractivity contribution in [3.8, 4) is 0 Å². The minimum absolute atomic E-state index is 0.239. The first-order chi connectivity index (χ1) is 9.86. The standard InChI is InChI=1S/C14H27N3O3S/c1-5-15-11-13-10-14(12(2)20-13)21(18,19)16-8-6-7-9-17(3)4/h10,15-16H,5-9,11H2,1-4H3. The minimum Gasteiger partial charge on any atom is -0.464 e. The second-order valence-corrected chi connectivity index (χ2v) is 7.06. The number of nitrogens with one attached hydrogen (secondary N) is 2. The van der Waals surface area contributed by atoms with Crippen LogP contribution in [0, 0.1) is 6.92 Å². The van der Waals surface area contributed by atoms with Crippen molar-refractivity contribution in [2.24, 2.45) is 0 Å². The highest BCUT2D eigenvalue weighted by Gasteiger charge is 2.20. The van der Waals surface area contributed by atoms with E-state index in [1.807, 2.05) is 21.0 Å². The van der Waals surface area contributed by atoms with Crippen LogP contribution in [0.2, 0.25) is 0 Å². The average molecular weight is 317 g/mol. The van der Waals surface area contributed by atoms with Crippen LogP contribution in [0.1, 0.15) is 31.3 Å². The zero-order chi connectivity index (χ0) is 15.9. The lowest BCUT2D eigenvalue weighted by Gasteiger charge is -2.09. The highest BCUT2D eigenvalue weighted by Crippen LogP contribution is 2.19. The van der Waals surface area contributed by atoms with E-state index in [2.05, 4.69) is 14.9 Å². The van der Waals surface area contributed by atoms with Crippen LogP contribution in [0.15, 0.2) is 15.4 Å². The van der Waals surface area contributed by atoms with Gasteiger partial charge in [0.15, 0.2) is 0 Å². The Morgan fingerprint density at radius 3 is 2.62 bits per heavy atom. The maximum absolute atomic E-state index is 12.2. The molecule has 2 N–H and O–H groups in total. The van der Waals surface area contributed by atoms with E-state index in [4.69, 9.17) is 4.42 Å². The Bertz CT molecular complexity index is 524. The lowest BCUT2D eigenvalue weighted by atomic mass is 10.3. The van der Waals surface area contributed by atoms with E-state index in [1.165, 1.54) is 0 Å². The second kappa shape index (κ2) is 8.53. The molecule has 0 unspecified atom stereocenters. The molecule has 0 radical (unpaired) electrons. The van der Waals surface area contributed by atoms with Crippen molar-refractivity contribution in [1.82, 2.24) is 14.9 Å². The van der Waals surface area contributed by atoms with Gasteiger partial charge in [-0.2, -0.15) is 0 Å². The molecule has 0 aliphatic carbocycles. The summed E-state index contributed by atoms with van der Waals surface area (Å²) in [6, 6.07) is 1.60. The first-order valence-corrected chi connectivity index (χ1v) is 8.79. The molecule has 6 nitrogen and oxygen atoms in total. The van der Waals surface area contributed by atoms with Gasteiger partial charge in [-0.1, -0.05) is 6.92 Å². The molecule has 1 rings (SSSR count). The van der Waals surface area contributed by atoms with E-state index in [9.17, 15) is 8.42 Å². The van der Waals surface area contributed by atoms with Gasteiger partial charge in [-0.3, -0.25) is 0 Å². The Morgan fingerprint density at radius 1 is 1.29 bits per heavy atom. The zero-order valence-corrected chi connectivity index (χ0v) is 14.2. The molecule has 0 aliphatic rings. The number of nitrogens with zero attached hydrogens (tertiary/aromatic N) is 1. The Labute approximate surface area is 127 Å². The Morgan fingerprint density at radius 2 is 2.00 bits per heavy atom. The van der Waals surface area contributed by atoms with Gasteiger partial charge >= 0.3 is 0 Å². The molecule has 0 aromatic carbocycles. The number of furan rings is 1. The van der Waals surface area contributed by atoms with Crippen LogP contribution in [-0.4, -0.2) is 47.0 Å². The van der Waals surface area contributed by atoms with E-state index < -0.39 is 10.0 Å². The molecule has 1 aromatic heterocycles. The van der Waals surface area contributed by atoms with Crippen molar-refractivity contribution in [1.29, 1.82) is 0 Å². The summed E-state index contributed by atoms with van der Waals surface area (Å²) in [5.74, 6) is 1.08. The number of hydrogen-bond donors (Lipinski definition) is 2. The third-order valence-electron chi connectivity index (χ3n) is 3.09. The molecule has 0 fully saturated rings. The van der Waals surface area contributed by atoms with E-state index >= 15 is 0 Å². The molecule has 0 atom stereocenters. The summed E-state index contributed by atoms with van der Waals surface area (Å²) in [4.78, 5) is 2.32. The van der Waals surface area contributed by atoms with Crippen LogP contribution < -0.4 is 10.0 Å². The van der Waals surface area contributed by atoms with Gasteiger partial charge in [0.1, 0.15) is 16.4 Å². The van der Waals surface area contributed by atoms with Gasteiger partial charge in [-0.25, -0.2) is 13.1 Å². The minimum atomic E-state index is -3.48. The molecule has 7 heteroatoms. The zero-order valence-electron chi connectivity index (χ0n) is 13.4. The summed E-state index contributed by atoms with van der Waals surface area (Å²) < 4.78 is 32.6. The lowest BCUT2D eigenvalue weighted by Crippen LogP contribution is -2.25. The Kier molecular flexibility index (Phi) is 7.37. The van der Waals surface area contributed by atoms with Crippen LogP contribution in [0.5, 0.6) is 0 Å². The van der Waals surface area contributed by atoms with Gasteiger partial charge in [-0.15, -0.1) is 0 Å². The second-order valence-electron chi connectivity index (χ2n) is 5.32. The van der Waals surface area contributed by atoms with Gasteiger partial charge < -0.3 is 14.6 Å². The van der Waals surface area contributed by atoms with Crippen molar-refractivity contribution in [3.63, 3.8) is 0 Å². The fraction of sp³-hybridized carbons (Fsp3) is 0.714. The smallest absolute Gasteiger partial charge is 0.244 e. The summed E-state index contributed by atoms with van der Waals surface area (Å²) in [5, 5.41) is 3.11. The molecule has 0 aliphatic heterocycles. The summed E-state index contributed by atoms with van der Waals surface area (Å²) in [5.41, 5.74) is 0. The summed E-state index contributed by atoms with van der Waals surface area (Å²) >= 11 is 0. The van der Waals surface area contributed by atoms with Crippen molar-refractivity contribution in [2.75, 3.05) is 33.7 Å². The van der Waals surface area contributed by atoms with Gasteiger partial charge in [0.25, 0.3) is 0 Å². The highest BCUT2D eigenvalue weighted by atomic mass is 32.2. The maximum Gasteiger partial charge on any atom is 0.244 e. The lowest BCUT2D eigenvalue weighted by molar-refractivity contribution is 0.394. The van der Waals surface area contributed by atoms with Crippen LogP contribution in [0.25, 0.3) is 0 Å². The number of sulfonamides is 1. The predicted octanol–water partition coefficient (Wildman–Crippen LogP) is 1.32. The SMILES string of the molecule is CCNCc1cc(S(=O)(=O)NCCCCN(C)C)c(C)o1. The monoisotopic (exact) mass is 317 g/mol. The molecule has 21 heavy (non-hydrogen) atoms. The molecule has 1 heterocycles. The first kappa shape index (κ1) is 18.2. The average Bonchev–Trinajstić information content (AvgIpc) is 2.77. The fourth-order valence-corrected chi connectivity index (χ4v) is 3.24. The largest absolute Gasteiger partial charge is 0.464 e.